The Labute approximate surface area is 148 Å². The lowest BCUT2D eigenvalue weighted by Gasteiger charge is -2.33. The Morgan fingerprint density at radius 2 is 1.96 bits per heavy atom. The average Bonchev–Trinajstić information content (AvgIpc) is 2.58. The molecule has 0 fully saturated rings. The minimum absolute atomic E-state index is 0.122. The van der Waals surface area contributed by atoms with Crippen molar-refractivity contribution >= 4 is 5.91 Å². The molecule has 1 aliphatic rings. The molecule has 3 rings (SSSR count). The molecule has 0 bridgehead atoms. The molecule has 2 aromatic rings. The first kappa shape index (κ1) is 17.3. The third kappa shape index (κ3) is 4.31. The molecule has 5 nitrogen and oxygen atoms in total. The van der Waals surface area contributed by atoms with Crippen molar-refractivity contribution in [1.29, 1.82) is 0 Å². The number of rotatable bonds is 6. The minimum Gasteiger partial charge on any atom is -0.475 e. The van der Waals surface area contributed by atoms with Crippen molar-refractivity contribution in [2.24, 2.45) is 0 Å². The van der Waals surface area contributed by atoms with Crippen LogP contribution >= 0.6 is 0 Å². The summed E-state index contributed by atoms with van der Waals surface area (Å²) in [5, 5.41) is 6.20. The van der Waals surface area contributed by atoms with Crippen LogP contribution in [0.15, 0.2) is 48.5 Å². The molecule has 2 N–H and O–H groups in total. The van der Waals surface area contributed by atoms with Crippen molar-refractivity contribution in [2.75, 3.05) is 0 Å². The van der Waals surface area contributed by atoms with E-state index < -0.39 is 5.72 Å². The van der Waals surface area contributed by atoms with Gasteiger partial charge in [0.25, 0.3) is 5.91 Å². The minimum atomic E-state index is -0.724. The second-order valence-electron chi connectivity index (χ2n) is 6.61. The molecule has 25 heavy (non-hydrogen) atoms. The number of fused-ring (bicyclic) bond motifs is 1. The summed E-state index contributed by atoms with van der Waals surface area (Å²) in [4.78, 5) is 12.1. The molecule has 1 atom stereocenters. The standard InChI is InChI=1S/C20H24N2O3/c1-4-18(21-13-14-8-6-5-7-9-14)24-15-10-11-16-17(12-15)25-20(2,3)22-19(16)23/h5-12,18,21H,4,13H2,1-3H3,(H,22,23). The zero-order valence-corrected chi connectivity index (χ0v) is 14.8. The van der Waals surface area contributed by atoms with Crippen LogP contribution in [-0.4, -0.2) is 17.9 Å². The number of benzene rings is 2. The maximum atomic E-state index is 12.1. The smallest absolute Gasteiger partial charge is 0.258 e. The Hall–Kier alpha value is -2.53. The summed E-state index contributed by atoms with van der Waals surface area (Å²) in [6.07, 6.45) is 0.695. The van der Waals surface area contributed by atoms with Crippen molar-refractivity contribution in [3.63, 3.8) is 0 Å². The van der Waals surface area contributed by atoms with Crippen LogP contribution in [0.25, 0.3) is 0 Å². The van der Waals surface area contributed by atoms with Gasteiger partial charge in [0.2, 0.25) is 0 Å². The van der Waals surface area contributed by atoms with E-state index >= 15 is 0 Å². The normalized spacial score (nSPS) is 16.4. The maximum Gasteiger partial charge on any atom is 0.258 e. The van der Waals surface area contributed by atoms with Gasteiger partial charge in [-0.25, -0.2) is 0 Å². The molecule has 5 heteroatoms. The first-order chi connectivity index (χ1) is 12.0. The van der Waals surface area contributed by atoms with E-state index in [4.69, 9.17) is 9.47 Å². The zero-order chi connectivity index (χ0) is 17.9. The second-order valence-corrected chi connectivity index (χ2v) is 6.61. The topological polar surface area (TPSA) is 59.6 Å². The molecular weight excluding hydrogens is 316 g/mol. The molecule has 1 heterocycles. The number of amides is 1. The van der Waals surface area contributed by atoms with Crippen LogP contribution in [0, 0.1) is 0 Å². The van der Waals surface area contributed by atoms with Crippen LogP contribution in [0.1, 0.15) is 43.1 Å². The van der Waals surface area contributed by atoms with Crippen molar-refractivity contribution in [2.45, 2.75) is 45.7 Å². The molecule has 2 aromatic carbocycles. The molecular formula is C20H24N2O3. The third-order valence-electron chi connectivity index (χ3n) is 4.00. The predicted molar refractivity (Wildman–Crippen MR) is 96.6 cm³/mol. The Balaban J connectivity index is 1.68. The summed E-state index contributed by atoms with van der Waals surface area (Å²) in [6, 6.07) is 15.5. The van der Waals surface area contributed by atoms with Gasteiger partial charge in [0.05, 0.1) is 5.56 Å². The van der Waals surface area contributed by atoms with E-state index in [2.05, 4.69) is 29.7 Å². The third-order valence-corrected chi connectivity index (χ3v) is 4.00. The maximum absolute atomic E-state index is 12.1. The first-order valence-electron chi connectivity index (χ1n) is 8.56. The molecule has 0 aliphatic carbocycles. The van der Waals surface area contributed by atoms with E-state index in [0.29, 0.717) is 17.1 Å². The predicted octanol–water partition coefficient (Wildman–Crippen LogP) is 3.45. The lowest BCUT2D eigenvalue weighted by Crippen LogP contribution is -2.51. The second kappa shape index (κ2) is 7.15. The van der Waals surface area contributed by atoms with Gasteiger partial charge in [0.15, 0.2) is 5.72 Å². The number of carbonyl (C=O) groups is 1. The van der Waals surface area contributed by atoms with Crippen LogP contribution in [0.2, 0.25) is 0 Å². The molecule has 0 aromatic heterocycles. The van der Waals surface area contributed by atoms with Gasteiger partial charge in [-0.05, 0) is 38.0 Å². The lowest BCUT2D eigenvalue weighted by atomic mass is 10.1. The van der Waals surface area contributed by atoms with E-state index in [1.807, 2.05) is 32.0 Å². The van der Waals surface area contributed by atoms with Gasteiger partial charge in [-0.1, -0.05) is 37.3 Å². The number of nitrogens with one attached hydrogen (secondary N) is 2. The molecule has 1 unspecified atom stereocenters. The summed E-state index contributed by atoms with van der Waals surface area (Å²) in [7, 11) is 0. The molecule has 0 saturated carbocycles. The SMILES string of the molecule is CCC(NCc1ccccc1)Oc1ccc2c(c1)OC(C)(C)NC2=O. The number of hydrogen-bond donors (Lipinski definition) is 2. The molecule has 0 saturated heterocycles. The quantitative estimate of drug-likeness (QED) is 0.791. The van der Waals surface area contributed by atoms with Gasteiger partial charge in [-0.3, -0.25) is 10.1 Å². The number of hydrogen-bond acceptors (Lipinski definition) is 4. The Morgan fingerprint density at radius 3 is 2.68 bits per heavy atom. The van der Waals surface area contributed by atoms with Crippen molar-refractivity contribution in [3.05, 3.63) is 59.7 Å². The summed E-state index contributed by atoms with van der Waals surface area (Å²) < 4.78 is 11.9. The molecule has 132 valence electrons. The van der Waals surface area contributed by atoms with Gasteiger partial charge >= 0.3 is 0 Å². The molecule has 1 amide bonds. The fourth-order valence-corrected chi connectivity index (χ4v) is 2.75. The summed E-state index contributed by atoms with van der Waals surface area (Å²) in [5.41, 5.74) is 1.01. The monoisotopic (exact) mass is 340 g/mol. The Bertz CT molecular complexity index is 744. The summed E-state index contributed by atoms with van der Waals surface area (Å²) >= 11 is 0. The Kier molecular flexibility index (Phi) is 4.95. The van der Waals surface area contributed by atoms with Crippen molar-refractivity contribution < 1.29 is 14.3 Å². The molecule has 0 radical (unpaired) electrons. The van der Waals surface area contributed by atoms with E-state index in [1.54, 1.807) is 18.2 Å². The highest BCUT2D eigenvalue weighted by Gasteiger charge is 2.31. The van der Waals surface area contributed by atoms with Crippen LogP contribution in [0.5, 0.6) is 11.5 Å². The summed E-state index contributed by atoms with van der Waals surface area (Å²) in [6.45, 7) is 6.43. The highest BCUT2D eigenvalue weighted by Crippen LogP contribution is 2.31. The van der Waals surface area contributed by atoms with Gasteiger partial charge in [0.1, 0.15) is 17.7 Å². The average molecular weight is 340 g/mol. The Morgan fingerprint density at radius 1 is 1.20 bits per heavy atom. The molecule has 0 spiro atoms. The zero-order valence-electron chi connectivity index (χ0n) is 14.8. The fraction of sp³-hybridized carbons (Fsp3) is 0.350. The van der Waals surface area contributed by atoms with Crippen LogP contribution < -0.4 is 20.1 Å². The lowest BCUT2D eigenvalue weighted by molar-refractivity contribution is 0.0429. The van der Waals surface area contributed by atoms with E-state index in [0.717, 1.165) is 13.0 Å². The summed E-state index contributed by atoms with van der Waals surface area (Å²) in [5.74, 6) is 1.09. The van der Waals surface area contributed by atoms with Gasteiger partial charge in [0, 0.05) is 12.6 Å². The van der Waals surface area contributed by atoms with Gasteiger partial charge < -0.3 is 14.8 Å². The van der Waals surface area contributed by atoms with E-state index in [1.165, 1.54) is 5.56 Å². The van der Waals surface area contributed by atoms with Gasteiger partial charge in [-0.2, -0.15) is 0 Å². The highest BCUT2D eigenvalue weighted by atomic mass is 16.5. The number of ether oxygens (including phenoxy) is 2. The van der Waals surface area contributed by atoms with E-state index in [9.17, 15) is 4.79 Å². The van der Waals surface area contributed by atoms with Gasteiger partial charge in [-0.15, -0.1) is 0 Å². The van der Waals surface area contributed by atoms with Crippen molar-refractivity contribution in [3.8, 4) is 11.5 Å². The highest BCUT2D eigenvalue weighted by molar-refractivity contribution is 5.98. The van der Waals surface area contributed by atoms with Crippen LogP contribution in [0.3, 0.4) is 0 Å². The van der Waals surface area contributed by atoms with Crippen LogP contribution in [-0.2, 0) is 6.54 Å². The first-order valence-corrected chi connectivity index (χ1v) is 8.56. The van der Waals surface area contributed by atoms with Crippen LogP contribution in [0.4, 0.5) is 0 Å². The fourth-order valence-electron chi connectivity index (χ4n) is 2.75. The van der Waals surface area contributed by atoms with Crippen molar-refractivity contribution in [1.82, 2.24) is 10.6 Å². The number of carbonyl (C=O) groups excluding carboxylic acids is 1. The molecule has 1 aliphatic heterocycles. The van der Waals surface area contributed by atoms with E-state index in [-0.39, 0.29) is 12.1 Å². The largest absolute Gasteiger partial charge is 0.475 e.